The molecule has 0 saturated carbocycles. The molecule has 0 unspecified atom stereocenters. The third-order valence-corrected chi connectivity index (χ3v) is 12.8. The zero-order valence-corrected chi connectivity index (χ0v) is 36.8. The Bertz CT molecular complexity index is 1610. The summed E-state index contributed by atoms with van der Waals surface area (Å²) in [7, 11) is 0. The zero-order valence-electron chi connectivity index (χ0n) is 36.8. The molecule has 6 aliphatic heterocycles. The predicted octanol–water partition coefficient (Wildman–Crippen LogP) is -12.9. The lowest BCUT2D eigenvalue weighted by Gasteiger charge is -2.51. The zero-order chi connectivity index (χ0) is 50.9. The molecule has 0 spiro atoms. The van der Waals surface area contributed by atoms with E-state index in [9.17, 15) is 96.7 Å². The lowest BCUT2D eigenvalue weighted by atomic mass is 9.94. The minimum Gasteiger partial charge on any atom is -0.394 e. The molecule has 19 N–H and O–H groups in total. The SMILES string of the molecule is CC(=O)N[C@H]1[C@@H](O[C@H]2[C@@H](O)[C@@H](CO)O[C@@H](O[C@H]3[C@@H](O)[C@@H](CO)O[C@@H](O[C@@H]4[C@H](O)[C@@H](O)[C@H](O[C@H]5[C@H](O)[C@@H](O)[C@H](O)O[C@@H]5CO)O[C@@H]4CO)[C@@H]3O)[C@@H]2O[C@@H]2O[C@@H](C)[C@@H](O)[C@@H](O)[C@@H]2O)O[C@H](CO)[C@H](O)[C@@H]1O. The Morgan fingerprint density at radius 2 is 0.783 bits per heavy atom. The monoisotopic (exact) mass is 1020 g/mol. The molecule has 31 nitrogen and oxygen atoms in total. The Morgan fingerprint density at radius 1 is 0.377 bits per heavy atom. The number of aliphatic hydroxyl groups is 18. The maximum Gasteiger partial charge on any atom is 0.217 e. The van der Waals surface area contributed by atoms with Gasteiger partial charge in [-0.15, -0.1) is 0 Å². The fourth-order valence-electron chi connectivity index (χ4n) is 8.83. The fraction of sp³-hybridized carbons (Fsp3) is 0.974. The molecule has 0 aromatic heterocycles. The number of carbonyl (C=O) groups is 1. The van der Waals surface area contributed by atoms with Crippen LogP contribution in [0, 0.1) is 0 Å². The molecule has 0 aromatic carbocycles. The molecular weight excluding hydrogens is 950 g/mol. The third kappa shape index (κ3) is 11.8. The van der Waals surface area contributed by atoms with Crippen molar-refractivity contribution < 1.29 is 149 Å². The van der Waals surface area contributed by atoms with Crippen LogP contribution in [0.4, 0.5) is 0 Å². The lowest BCUT2D eigenvalue weighted by molar-refractivity contribution is -0.407. The van der Waals surface area contributed by atoms with E-state index in [2.05, 4.69) is 5.32 Å². The summed E-state index contributed by atoms with van der Waals surface area (Å²) in [5.41, 5.74) is 0. The minimum absolute atomic E-state index is 0.785. The van der Waals surface area contributed by atoms with E-state index in [0.29, 0.717) is 0 Å². The lowest BCUT2D eigenvalue weighted by Crippen LogP contribution is -2.70. The van der Waals surface area contributed by atoms with E-state index in [4.69, 9.17) is 52.1 Å². The number of hydrogen-bond donors (Lipinski definition) is 19. The van der Waals surface area contributed by atoms with Gasteiger partial charge in [0.25, 0.3) is 0 Å². The van der Waals surface area contributed by atoms with Crippen molar-refractivity contribution in [3.8, 4) is 0 Å². The largest absolute Gasteiger partial charge is 0.394 e. The molecule has 402 valence electrons. The summed E-state index contributed by atoms with van der Waals surface area (Å²) in [4.78, 5) is 12.2. The van der Waals surface area contributed by atoms with Gasteiger partial charge in [-0.25, -0.2) is 0 Å². The van der Waals surface area contributed by atoms with Gasteiger partial charge in [0.2, 0.25) is 5.91 Å². The van der Waals surface area contributed by atoms with Crippen molar-refractivity contribution in [1.82, 2.24) is 5.32 Å². The fourth-order valence-corrected chi connectivity index (χ4v) is 8.83. The number of aliphatic hydroxyl groups excluding tert-OH is 18. The first kappa shape index (κ1) is 56.6. The predicted molar refractivity (Wildman–Crippen MR) is 209 cm³/mol. The highest BCUT2D eigenvalue weighted by atomic mass is 16.8. The molecule has 0 bridgehead atoms. The van der Waals surface area contributed by atoms with Crippen molar-refractivity contribution in [1.29, 1.82) is 0 Å². The van der Waals surface area contributed by atoms with Crippen LogP contribution in [-0.2, 0) is 56.9 Å². The number of rotatable bonds is 16. The number of ether oxygens (including phenoxy) is 11. The van der Waals surface area contributed by atoms with Crippen LogP contribution in [0.15, 0.2) is 0 Å². The highest BCUT2D eigenvalue weighted by molar-refractivity contribution is 5.73. The molecule has 0 aliphatic carbocycles. The molecule has 0 radical (unpaired) electrons. The van der Waals surface area contributed by atoms with E-state index in [1.54, 1.807) is 0 Å². The first-order chi connectivity index (χ1) is 32.6. The molecule has 6 heterocycles. The van der Waals surface area contributed by atoms with Gasteiger partial charge >= 0.3 is 0 Å². The standard InChI is InChI=1S/C38H65NO30/c1-8-16(46)21(51)25(55)35(59-8)69-32-31(68-34-15(39-9(2)45)20(50)17(47)10(3-40)61-34)19(49)12(5-42)63-38(32)67-30-18(48)11(4-41)62-37(27(30)57)66-29-14(7-44)64-36(26(56)23(29)53)65-28-13(6-43)60-33(58)24(54)22(28)52/h8,10-38,40-44,46-58H,3-7H2,1-2H3,(H,39,45)/t8-,10+,11+,12+,13+,14+,15+,16+,17-,18-,19-,20+,21+,22+,23+,24+,25-,26+,27+,28+,29-,30-,31-,32+,33+,34+,35-,36-,37-,38-/m0/s1. The Kier molecular flexibility index (Phi) is 19.8. The highest BCUT2D eigenvalue weighted by Gasteiger charge is 2.58. The average molecular weight is 1020 g/mol. The molecule has 1 amide bonds. The highest BCUT2D eigenvalue weighted by Crippen LogP contribution is 2.38. The summed E-state index contributed by atoms with van der Waals surface area (Å²) in [6.07, 6.45) is -55.3. The van der Waals surface area contributed by atoms with Crippen LogP contribution >= 0.6 is 0 Å². The van der Waals surface area contributed by atoms with E-state index in [-0.39, 0.29) is 0 Å². The first-order valence-electron chi connectivity index (χ1n) is 22.0. The molecular formula is C38H65NO30. The van der Waals surface area contributed by atoms with Gasteiger partial charge in [0, 0.05) is 6.92 Å². The number of hydrogen-bond acceptors (Lipinski definition) is 30. The van der Waals surface area contributed by atoms with Crippen LogP contribution in [0.5, 0.6) is 0 Å². The van der Waals surface area contributed by atoms with Gasteiger partial charge < -0.3 is 149 Å². The Labute approximate surface area is 390 Å². The van der Waals surface area contributed by atoms with Crippen LogP contribution < -0.4 is 5.32 Å². The van der Waals surface area contributed by atoms with Crippen molar-refractivity contribution >= 4 is 5.91 Å². The second kappa shape index (κ2) is 24.1. The van der Waals surface area contributed by atoms with Crippen molar-refractivity contribution in [3.63, 3.8) is 0 Å². The normalized spacial score (nSPS) is 52.1. The van der Waals surface area contributed by atoms with Crippen molar-refractivity contribution in [2.24, 2.45) is 0 Å². The van der Waals surface area contributed by atoms with Gasteiger partial charge in [-0.3, -0.25) is 4.79 Å². The maximum atomic E-state index is 12.2. The van der Waals surface area contributed by atoms with Crippen molar-refractivity contribution in [3.05, 3.63) is 0 Å². The van der Waals surface area contributed by atoms with E-state index >= 15 is 0 Å². The molecule has 30 atom stereocenters. The molecule has 6 aliphatic rings. The summed E-state index contributed by atoms with van der Waals surface area (Å²) in [6, 6.07) is -1.66. The molecule has 6 saturated heterocycles. The topological polar surface area (TPSA) is 495 Å². The quantitative estimate of drug-likeness (QED) is 0.0682. The van der Waals surface area contributed by atoms with Crippen LogP contribution in [0.3, 0.4) is 0 Å². The Hall–Kier alpha value is -1.69. The van der Waals surface area contributed by atoms with Crippen LogP contribution in [0.2, 0.25) is 0 Å². The minimum atomic E-state index is -2.27. The van der Waals surface area contributed by atoms with Gasteiger partial charge in [0.05, 0.1) is 39.1 Å². The van der Waals surface area contributed by atoms with E-state index in [1.165, 1.54) is 6.92 Å². The van der Waals surface area contributed by atoms with Gasteiger partial charge in [0.1, 0.15) is 140 Å². The third-order valence-electron chi connectivity index (χ3n) is 12.8. The molecule has 6 rings (SSSR count). The molecule has 6 fully saturated rings. The summed E-state index contributed by atoms with van der Waals surface area (Å²) < 4.78 is 62.9. The number of carbonyl (C=O) groups excluding carboxylic acids is 1. The second-order valence-electron chi connectivity index (χ2n) is 17.5. The smallest absolute Gasteiger partial charge is 0.217 e. The maximum absolute atomic E-state index is 12.2. The van der Waals surface area contributed by atoms with Crippen LogP contribution in [0.1, 0.15) is 13.8 Å². The summed E-state index contributed by atoms with van der Waals surface area (Å²) >= 11 is 0. The summed E-state index contributed by atoms with van der Waals surface area (Å²) in [5, 5.41) is 194. The summed E-state index contributed by atoms with van der Waals surface area (Å²) in [6.45, 7) is -2.60. The number of amides is 1. The van der Waals surface area contributed by atoms with E-state index in [0.717, 1.165) is 6.92 Å². The Balaban J connectivity index is 1.29. The van der Waals surface area contributed by atoms with Gasteiger partial charge in [-0.1, -0.05) is 0 Å². The van der Waals surface area contributed by atoms with Crippen molar-refractivity contribution in [2.75, 3.05) is 33.0 Å². The average Bonchev–Trinajstić information content (AvgIpc) is 3.32. The van der Waals surface area contributed by atoms with Crippen LogP contribution in [0.25, 0.3) is 0 Å². The van der Waals surface area contributed by atoms with Crippen molar-refractivity contribution in [2.45, 2.75) is 198 Å². The molecule has 0 aromatic rings. The van der Waals surface area contributed by atoms with Gasteiger partial charge in [-0.2, -0.15) is 0 Å². The Morgan fingerprint density at radius 3 is 1.35 bits per heavy atom. The number of nitrogens with one attached hydrogen (secondary N) is 1. The van der Waals surface area contributed by atoms with Gasteiger partial charge in [0.15, 0.2) is 37.7 Å². The van der Waals surface area contributed by atoms with Crippen LogP contribution in [-0.4, -0.2) is 315 Å². The molecule has 69 heavy (non-hydrogen) atoms. The second-order valence-corrected chi connectivity index (χ2v) is 17.5. The summed E-state index contributed by atoms with van der Waals surface area (Å²) in [5.74, 6) is -0.785. The van der Waals surface area contributed by atoms with Gasteiger partial charge in [-0.05, 0) is 6.92 Å². The van der Waals surface area contributed by atoms with E-state index < -0.39 is 223 Å². The first-order valence-corrected chi connectivity index (χ1v) is 22.0. The molecule has 31 heteroatoms. The van der Waals surface area contributed by atoms with E-state index in [1.807, 2.05) is 0 Å².